The number of piperazine rings is 1. The second-order valence-electron chi connectivity index (χ2n) is 5.60. The van der Waals surface area contributed by atoms with Crippen LogP contribution in [0.4, 0.5) is 0 Å². The first-order valence-corrected chi connectivity index (χ1v) is 6.27. The number of rotatable bonds is 4. The summed E-state index contributed by atoms with van der Waals surface area (Å²) in [6, 6.07) is 0. The van der Waals surface area contributed by atoms with Gasteiger partial charge in [0.25, 0.3) is 0 Å². The predicted molar refractivity (Wildman–Crippen MR) is 67.6 cm³/mol. The smallest absolute Gasteiger partial charge is 0.226 e. The second kappa shape index (κ2) is 6.33. The van der Waals surface area contributed by atoms with Crippen molar-refractivity contribution in [3.8, 4) is 0 Å². The standard InChI is InChI=1S/C12H25N3O2/c1-12(2,3)11(17)13-10-15-6-4-14(5-7-15)8-9-16/h16H,4-10H2,1-3H3,(H,13,17). The molecule has 0 aromatic rings. The number of aliphatic hydroxyl groups excluding tert-OH is 1. The molecule has 0 radical (unpaired) electrons. The van der Waals surface area contributed by atoms with E-state index in [0.717, 1.165) is 32.7 Å². The number of amides is 1. The van der Waals surface area contributed by atoms with E-state index in [1.54, 1.807) is 0 Å². The third-order valence-corrected chi connectivity index (χ3v) is 3.03. The summed E-state index contributed by atoms with van der Waals surface area (Å²) in [7, 11) is 0. The number of aliphatic hydroxyl groups is 1. The van der Waals surface area contributed by atoms with Crippen LogP contribution in [0, 0.1) is 5.41 Å². The lowest BCUT2D eigenvalue weighted by molar-refractivity contribution is -0.129. The van der Waals surface area contributed by atoms with E-state index >= 15 is 0 Å². The van der Waals surface area contributed by atoms with Gasteiger partial charge in [-0.15, -0.1) is 0 Å². The van der Waals surface area contributed by atoms with E-state index in [1.807, 2.05) is 20.8 Å². The molecule has 0 spiro atoms. The van der Waals surface area contributed by atoms with Gasteiger partial charge in [0.1, 0.15) is 0 Å². The van der Waals surface area contributed by atoms with Gasteiger partial charge in [-0.1, -0.05) is 20.8 Å². The minimum absolute atomic E-state index is 0.0929. The lowest BCUT2D eigenvalue weighted by atomic mass is 9.96. The van der Waals surface area contributed by atoms with Gasteiger partial charge in [-0.2, -0.15) is 0 Å². The van der Waals surface area contributed by atoms with Crippen molar-refractivity contribution in [1.82, 2.24) is 15.1 Å². The molecule has 0 aliphatic carbocycles. The van der Waals surface area contributed by atoms with Crippen molar-refractivity contribution >= 4 is 5.91 Å². The maximum absolute atomic E-state index is 11.7. The van der Waals surface area contributed by atoms with Crippen molar-refractivity contribution in [3.05, 3.63) is 0 Å². The molecule has 0 aromatic heterocycles. The van der Waals surface area contributed by atoms with Crippen LogP contribution in [0.1, 0.15) is 20.8 Å². The lowest BCUT2D eigenvalue weighted by Gasteiger charge is -2.34. The number of nitrogens with zero attached hydrogens (tertiary/aromatic N) is 2. The minimum atomic E-state index is -0.321. The Bertz CT molecular complexity index is 243. The van der Waals surface area contributed by atoms with E-state index in [-0.39, 0.29) is 17.9 Å². The molecule has 100 valence electrons. The maximum Gasteiger partial charge on any atom is 0.226 e. The van der Waals surface area contributed by atoms with E-state index < -0.39 is 0 Å². The largest absolute Gasteiger partial charge is 0.395 e. The summed E-state index contributed by atoms with van der Waals surface area (Å²) in [5.41, 5.74) is -0.321. The molecule has 5 nitrogen and oxygen atoms in total. The first-order chi connectivity index (χ1) is 7.93. The van der Waals surface area contributed by atoms with Crippen molar-refractivity contribution in [3.63, 3.8) is 0 Å². The molecule has 1 heterocycles. The van der Waals surface area contributed by atoms with Crippen LogP contribution in [-0.2, 0) is 4.79 Å². The molecule has 2 N–H and O–H groups in total. The Morgan fingerprint density at radius 3 is 2.18 bits per heavy atom. The van der Waals surface area contributed by atoms with Crippen LogP contribution in [0.15, 0.2) is 0 Å². The summed E-state index contributed by atoms with van der Waals surface area (Å²) in [5, 5.41) is 11.8. The highest BCUT2D eigenvalue weighted by molar-refractivity contribution is 5.81. The Balaban J connectivity index is 2.21. The number of carbonyl (C=O) groups is 1. The lowest BCUT2D eigenvalue weighted by Crippen LogP contribution is -2.51. The van der Waals surface area contributed by atoms with Crippen molar-refractivity contribution in [2.45, 2.75) is 20.8 Å². The Morgan fingerprint density at radius 2 is 1.71 bits per heavy atom. The summed E-state index contributed by atoms with van der Waals surface area (Å²) in [6.07, 6.45) is 0. The highest BCUT2D eigenvalue weighted by Gasteiger charge is 2.22. The highest BCUT2D eigenvalue weighted by Crippen LogP contribution is 2.12. The topological polar surface area (TPSA) is 55.8 Å². The average Bonchev–Trinajstić information content (AvgIpc) is 2.27. The van der Waals surface area contributed by atoms with Gasteiger partial charge < -0.3 is 10.4 Å². The maximum atomic E-state index is 11.7. The summed E-state index contributed by atoms with van der Waals surface area (Å²) in [6.45, 7) is 11.2. The summed E-state index contributed by atoms with van der Waals surface area (Å²) >= 11 is 0. The zero-order valence-corrected chi connectivity index (χ0v) is 11.2. The molecular formula is C12H25N3O2. The summed E-state index contributed by atoms with van der Waals surface area (Å²) in [4.78, 5) is 16.2. The Hall–Kier alpha value is -0.650. The third kappa shape index (κ3) is 5.02. The third-order valence-electron chi connectivity index (χ3n) is 3.03. The SMILES string of the molecule is CC(C)(C)C(=O)NCN1CCN(CCO)CC1. The molecule has 1 fully saturated rings. The highest BCUT2D eigenvalue weighted by atomic mass is 16.3. The average molecular weight is 243 g/mol. The first-order valence-electron chi connectivity index (χ1n) is 6.27. The van der Waals surface area contributed by atoms with Crippen molar-refractivity contribution in [1.29, 1.82) is 0 Å². The Labute approximate surface area is 104 Å². The zero-order chi connectivity index (χ0) is 12.9. The van der Waals surface area contributed by atoms with Crippen LogP contribution in [0.2, 0.25) is 0 Å². The van der Waals surface area contributed by atoms with E-state index in [9.17, 15) is 4.79 Å². The van der Waals surface area contributed by atoms with E-state index in [0.29, 0.717) is 6.67 Å². The number of nitrogens with one attached hydrogen (secondary N) is 1. The summed E-state index contributed by atoms with van der Waals surface area (Å²) < 4.78 is 0. The van der Waals surface area contributed by atoms with Crippen LogP contribution < -0.4 is 5.32 Å². The molecule has 1 aliphatic heterocycles. The second-order valence-corrected chi connectivity index (χ2v) is 5.60. The van der Waals surface area contributed by atoms with Crippen molar-refractivity contribution in [2.75, 3.05) is 46.0 Å². The molecule has 0 atom stereocenters. The first kappa shape index (κ1) is 14.4. The number of β-amino-alcohol motifs (C(OH)–C–C–N with tert-alkyl or cyclic N) is 1. The van der Waals surface area contributed by atoms with Gasteiger partial charge in [-0.25, -0.2) is 0 Å². The molecule has 0 unspecified atom stereocenters. The predicted octanol–water partition coefficient (Wildman–Crippen LogP) is -0.284. The zero-order valence-electron chi connectivity index (χ0n) is 11.2. The minimum Gasteiger partial charge on any atom is -0.395 e. The monoisotopic (exact) mass is 243 g/mol. The van der Waals surface area contributed by atoms with Gasteiger partial charge in [-0.05, 0) is 0 Å². The molecule has 1 saturated heterocycles. The van der Waals surface area contributed by atoms with Gasteiger partial charge in [0, 0.05) is 38.1 Å². The van der Waals surface area contributed by atoms with Crippen molar-refractivity contribution < 1.29 is 9.90 Å². The van der Waals surface area contributed by atoms with E-state index in [4.69, 9.17) is 5.11 Å². The molecule has 1 rings (SSSR count). The van der Waals surface area contributed by atoms with Crippen LogP contribution in [-0.4, -0.2) is 66.8 Å². The van der Waals surface area contributed by atoms with Crippen LogP contribution in [0.25, 0.3) is 0 Å². The molecule has 0 aromatic carbocycles. The Morgan fingerprint density at radius 1 is 1.18 bits per heavy atom. The van der Waals surface area contributed by atoms with Crippen LogP contribution >= 0.6 is 0 Å². The number of hydrogen-bond donors (Lipinski definition) is 2. The fraction of sp³-hybridized carbons (Fsp3) is 0.917. The molecular weight excluding hydrogens is 218 g/mol. The van der Waals surface area contributed by atoms with Crippen LogP contribution in [0.3, 0.4) is 0 Å². The molecule has 1 amide bonds. The molecule has 5 heteroatoms. The molecule has 0 saturated carbocycles. The van der Waals surface area contributed by atoms with Gasteiger partial charge in [-0.3, -0.25) is 14.6 Å². The molecule has 17 heavy (non-hydrogen) atoms. The van der Waals surface area contributed by atoms with Gasteiger partial charge in [0.15, 0.2) is 0 Å². The Kier molecular flexibility index (Phi) is 5.36. The fourth-order valence-electron chi connectivity index (χ4n) is 1.76. The van der Waals surface area contributed by atoms with Gasteiger partial charge in [0.2, 0.25) is 5.91 Å². The van der Waals surface area contributed by atoms with Gasteiger partial charge in [0.05, 0.1) is 13.3 Å². The van der Waals surface area contributed by atoms with E-state index in [1.165, 1.54) is 0 Å². The molecule has 0 bridgehead atoms. The van der Waals surface area contributed by atoms with Crippen molar-refractivity contribution in [2.24, 2.45) is 5.41 Å². The van der Waals surface area contributed by atoms with E-state index in [2.05, 4.69) is 15.1 Å². The van der Waals surface area contributed by atoms with Gasteiger partial charge >= 0.3 is 0 Å². The number of carbonyl (C=O) groups excluding carboxylic acids is 1. The summed E-state index contributed by atoms with van der Waals surface area (Å²) in [5.74, 6) is 0.0929. The number of hydrogen-bond acceptors (Lipinski definition) is 4. The quantitative estimate of drug-likeness (QED) is 0.713. The normalized spacial score (nSPS) is 19.3. The fourth-order valence-corrected chi connectivity index (χ4v) is 1.76. The molecule has 1 aliphatic rings. The van der Waals surface area contributed by atoms with Crippen LogP contribution in [0.5, 0.6) is 0 Å².